The van der Waals surface area contributed by atoms with Gasteiger partial charge in [-0.05, 0) is 34.8 Å². The molecule has 1 N–H and O–H groups in total. The van der Waals surface area contributed by atoms with E-state index in [2.05, 4.69) is 15.9 Å². The van der Waals surface area contributed by atoms with Crippen LogP contribution in [0.4, 0.5) is 13.2 Å². The van der Waals surface area contributed by atoms with E-state index < -0.39 is 23.1 Å². The molecule has 2 rings (SSSR count). The SMILES string of the molecule is OC1(Cc2c(F)c(F)cc(Br)c2F)CC1. The number of aliphatic hydroxyl groups is 1. The van der Waals surface area contributed by atoms with Crippen molar-refractivity contribution in [1.82, 2.24) is 0 Å². The molecule has 1 saturated carbocycles. The Morgan fingerprint density at radius 3 is 2.40 bits per heavy atom. The summed E-state index contributed by atoms with van der Waals surface area (Å²) in [6, 6.07) is 0.741. The molecule has 1 aliphatic carbocycles. The van der Waals surface area contributed by atoms with Gasteiger partial charge in [0, 0.05) is 12.0 Å². The molecule has 1 aromatic rings. The van der Waals surface area contributed by atoms with E-state index in [4.69, 9.17) is 0 Å². The first-order valence-corrected chi connectivity index (χ1v) is 5.26. The second-order valence-electron chi connectivity index (χ2n) is 3.85. The van der Waals surface area contributed by atoms with Gasteiger partial charge in [0.25, 0.3) is 0 Å². The molecule has 5 heteroatoms. The van der Waals surface area contributed by atoms with Crippen LogP contribution in [0.1, 0.15) is 18.4 Å². The Bertz CT molecular complexity index is 389. The Kier molecular flexibility index (Phi) is 2.55. The maximum Gasteiger partial charge on any atom is 0.165 e. The Morgan fingerprint density at radius 2 is 1.87 bits per heavy atom. The van der Waals surface area contributed by atoms with Crippen molar-refractivity contribution in [3.05, 3.63) is 33.6 Å². The second kappa shape index (κ2) is 3.49. The minimum Gasteiger partial charge on any atom is -0.390 e. The molecule has 0 unspecified atom stereocenters. The highest BCUT2D eigenvalue weighted by atomic mass is 79.9. The van der Waals surface area contributed by atoms with Crippen LogP contribution in [0.5, 0.6) is 0 Å². The summed E-state index contributed by atoms with van der Waals surface area (Å²) in [5, 5.41) is 9.54. The maximum atomic E-state index is 13.4. The van der Waals surface area contributed by atoms with E-state index in [0.29, 0.717) is 12.8 Å². The summed E-state index contributed by atoms with van der Waals surface area (Å²) in [6.45, 7) is 0. The van der Waals surface area contributed by atoms with Crippen molar-refractivity contribution < 1.29 is 18.3 Å². The molecule has 0 aromatic heterocycles. The lowest BCUT2D eigenvalue weighted by molar-refractivity contribution is 0.148. The van der Waals surface area contributed by atoms with Crippen molar-refractivity contribution in [3.63, 3.8) is 0 Å². The predicted octanol–water partition coefficient (Wildman–Crippen LogP) is 2.93. The normalized spacial score (nSPS) is 17.9. The van der Waals surface area contributed by atoms with Gasteiger partial charge >= 0.3 is 0 Å². The fourth-order valence-corrected chi connectivity index (χ4v) is 1.87. The first-order valence-electron chi connectivity index (χ1n) is 4.47. The Hall–Kier alpha value is -0.550. The molecule has 0 aliphatic heterocycles. The van der Waals surface area contributed by atoms with E-state index in [9.17, 15) is 18.3 Å². The van der Waals surface area contributed by atoms with E-state index in [1.807, 2.05) is 0 Å². The number of benzene rings is 1. The van der Waals surface area contributed by atoms with E-state index in [1.54, 1.807) is 0 Å². The van der Waals surface area contributed by atoms with Gasteiger partial charge in [-0.25, -0.2) is 13.2 Å². The molecular weight excluding hydrogens is 273 g/mol. The van der Waals surface area contributed by atoms with E-state index >= 15 is 0 Å². The number of rotatable bonds is 2. The van der Waals surface area contributed by atoms with Crippen LogP contribution >= 0.6 is 15.9 Å². The van der Waals surface area contributed by atoms with E-state index in [-0.39, 0.29) is 16.5 Å². The molecule has 82 valence electrons. The monoisotopic (exact) mass is 280 g/mol. The van der Waals surface area contributed by atoms with Gasteiger partial charge in [-0.2, -0.15) is 0 Å². The quantitative estimate of drug-likeness (QED) is 0.826. The molecular formula is C10H8BrF3O. The van der Waals surface area contributed by atoms with Crippen LogP contribution in [0.2, 0.25) is 0 Å². The third kappa shape index (κ3) is 2.03. The van der Waals surface area contributed by atoms with Gasteiger partial charge in [-0.1, -0.05) is 0 Å². The van der Waals surface area contributed by atoms with Gasteiger partial charge in [0.15, 0.2) is 11.6 Å². The zero-order valence-corrected chi connectivity index (χ0v) is 9.24. The lowest BCUT2D eigenvalue weighted by Gasteiger charge is -2.11. The summed E-state index contributed by atoms with van der Waals surface area (Å²) in [5.41, 5.74) is -1.43. The van der Waals surface area contributed by atoms with Crippen molar-refractivity contribution in [2.24, 2.45) is 0 Å². The molecule has 0 atom stereocenters. The standard InChI is InChI=1S/C10H8BrF3O/c11-6-3-7(12)9(14)5(8(6)13)4-10(15)1-2-10/h3,15H,1-2,4H2. The van der Waals surface area contributed by atoms with Crippen molar-refractivity contribution in [1.29, 1.82) is 0 Å². The third-order valence-electron chi connectivity index (χ3n) is 2.54. The molecule has 0 bridgehead atoms. The van der Waals surface area contributed by atoms with Crippen LogP contribution < -0.4 is 0 Å². The lowest BCUT2D eigenvalue weighted by atomic mass is 10.1. The van der Waals surface area contributed by atoms with Crippen molar-refractivity contribution >= 4 is 15.9 Å². The molecule has 1 aromatic carbocycles. The Labute approximate surface area is 93.0 Å². The minimum absolute atomic E-state index is 0.124. The first kappa shape index (κ1) is 11.0. The lowest BCUT2D eigenvalue weighted by Crippen LogP contribution is -2.14. The highest BCUT2D eigenvalue weighted by molar-refractivity contribution is 9.10. The Balaban J connectivity index is 2.44. The predicted molar refractivity (Wildman–Crippen MR) is 51.9 cm³/mol. The summed E-state index contributed by atoms with van der Waals surface area (Å²) in [6.07, 6.45) is 0.820. The van der Waals surface area contributed by atoms with E-state index in [1.165, 1.54) is 0 Å². The van der Waals surface area contributed by atoms with Gasteiger partial charge in [0.1, 0.15) is 5.82 Å². The second-order valence-corrected chi connectivity index (χ2v) is 4.70. The van der Waals surface area contributed by atoms with Crippen LogP contribution in [0.25, 0.3) is 0 Å². The smallest absolute Gasteiger partial charge is 0.165 e. The molecule has 0 heterocycles. The molecule has 0 saturated heterocycles. The van der Waals surface area contributed by atoms with Gasteiger partial charge in [0.05, 0.1) is 10.1 Å². The van der Waals surface area contributed by atoms with Crippen molar-refractivity contribution in [2.45, 2.75) is 24.9 Å². The molecule has 0 radical (unpaired) electrons. The summed E-state index contributed by atoms with van der Waals surface area (Å²) in [4.78, 5) is 0. The van der Waals surface area contributed by atoms with Crippen molar-refractivity contribution in [3.8, 4) is 0 Å². The third-order valence-corrected chi connectivity index (χ3v) is 3.11. The molecule has 15 heavy (non-hydrogen) atoms. The van der Waals surface area contributed by atoms with Crippen LogP contribution in [-0.2, 0) is 6.42 Å². The highest BCUT2D eigenvalue weighted by Gasteiger charge is 2.42. The number of halogens is 4. The fourth-order valence-electron chi connectivity index (χ4n) is 1.43. The van der Waals surface area contributed by atoms with Crippen LogP contribution in [0.15, 0.2) is 10.5 Å². The zero-order valence-electron chi connectivity index (χ0n) is 7.66. The Morgan fingerprint density at radius 1 is 1.27 bits per heavy atom. The molecule has 1 fully saturated rings. The van der Waals surface area contributed by atoms with Crippen LogP contribution in [0, 0.1) is 17.5 Å². The molecule has 0 spiro atoms. The largest absolute Gasteiger partial charge is 0.390 e. The average Bonchev–Trinajstić information content (AvgIpc) is 2.89. The maximum absolute atomic E-state index is 13.4. The van der Waals surface area contributed by atoms with Crippen LogP contribution in [0.3, 0.4) is 0 Å². The average molecular weight is 281 g/mol. The summed E-state index contributed by atoms with van der Waals surface area (Å²) >= 11 is 2.80. The fraction of sp³-hybridized carbons (Fsp3) is 0.400. The highest BCUT2D eigenvalue weighted by Crippen LogP contribution is 2.40. The number of hydrogen-bond acceptors (Lipinski definition) is 1. The van der Waals surface area contributed by atoms with Gasteiger partial charge in [0.2, 0.25) is 0 Å². The van der Waals surface area contributed by atoms with Crippen molar-refractivity contribution in [2.75, 3.05) is 0 Å². The van der Waals surface area contributed by atoms with Gasteiger partial charge < -0.3 is 5.11 Å². The zero-order chi connectivity index (χ0) is 11.2. The van der Waals surface area contributed by atoms with Gasteiger partial charge in [-0.3, -0.25) is 0 Å². The topological polar surface area (TPSA) is 20.2 Å². The summed E-state index contributed by atoms with van der Waals surface area (Å²) < 4.78 is 39.5. The molecule has 0 amide bonds. The summed E-state index contributed by atoms with van der Waals surface area (Å²) in [5.74, 6) is -3.16. The number of hydrogen-bond donors (Lipinski definition) is 1. The minimum atomic E-state index is -1.21. The van der Waals surface area contributed by atoms with E-state index in [0.717, 1.165) is 6.07 Å². The molecule has 1 nitrogen and oxygen atoms in total. The van der Waals surface area contributed by atoms with Gasteiger partial charge in [-0.15, -0.1) is 0 Å². The van der Waals surface area contributed by atoms with Crippen LogP contribution in [-0.4, -0.2) is 10.7 Å². The summed E-state index contributed by atoms with van der Waals surface area (Å²) in [7, 11) is 0. The first-order chi connectivity index (χ1) is 6.93. The molecule has 1 aliphatic rings.